The highest BCUT2D eigenvalue weighted by atomic mass is 19.4. The summed E-state index contributed by atoms with van der Waals surface area (Å²) in [7, 11) is 1.93. The third-order valence-corrected chi connectivity index (χ3v) is 6.41. The second-order valence-corrected chi connectivity index (χ2v) is 9.00. The average molecular weight is 511 g/mol. The van der Waals surface area contributed by atoms with E-state index in [0.29, 0.717) is 24.8 Å². The van der Waals surface area contributed by atoms with Gasteiger partial charge in [-0.1, -0.05) is 37.6 Å². The van der Waals surface area contributed by atoms with E-state index in [0.717, 1.165) is 31.5 Å². The zero-order chi connectivity index (χ0) is 26.7. The molecule has 0 aliphatic heterocycles. The normalized spacial score (nSPS) is 19.2. The Bertz CT molecular complexity index is 974. The summed E-state index contributed by atoms with van der Waals surface area (Å²) in [5.74, 6) is -0.713. The Morgan fingerprint density at radius 2 is 1.58 bits per heavy atom. The van der Waals surface area contributed by atoms with Gasteiger partial charge in [0.2, 0.25) is 5.91 Å². The molecule has 0 heterocycles. The van der Waals surface area contributed by atoms with Crippen LogP contribution in [0.5, 0.6) is 0 Å². The fraction of sp³-hybridized carbons (Fsp3) is 0.481. The lowest BCUT2D eigenvalue weighted by atomic mass is 9.77. The third-order valence-electron chi connectivity index (χ3n) is 6.41. The summed E-state index contributed by atoms with van der Waals surface area (Å²) in [5, 5.41) is 12.3. The lowest BCUT2D eigenvalue weighted by Gasteiger charge is -2.29. The number of alkyl halides is 3. The molecule has 36 heavy (non-hydrogen) atoms. The zero-order valence-electron chi connectivity index (χ0n) is 20.6. The van der Waals surface area contributed by atoms with Gasteiger partial charge in [0.25, 0.3) is 6.47 Å². The fourth-order valence-corrected chi connectivity index (χ4v) is 4.22. The predicted octanol–water partition coefficient (Wildman–Crippen LogP) is 6.56. The second kappa shape index (κ2) is 14.0. The summed E-state index contributed by atoms with van der Waals surface area (Å²) in [6, 6.07) is 10.8. The number of nitrogens with one attached hydrogen (secondary N) is 2. The summed E-state index contributed by atoms with van der Waals surface area (Å²) < 4.78 is 52.1. The molecule has 2 aliphatic carbocycles. The molecule has 2 saturated carbocycles. The number of hydrogen-bond donors (Lipinski definition) is 3. The number of benzene rings is 2. The molecule has 2 aromatic carbocycles. The average Bonchev–Trinajstić information content (AvgIpc) is 3.71. The zero-order valence-corrected chi connectivity index (χ0v) is 20.6. The molecule has 1 amide bonds. The van der Waals surface area contributed by atoms with Gasteiger partial charge in [0, 0.05) is 5.92 Å². The van der Waals surface area contributed by atoms with Crippen molar-refractivity contribution in [3.63, 3.8) is 0 Å². The van der Waals surface area contributed by atoms with Crippen LogP contribution in [-0.4, -0.2) is 31.1 Å². The van der Waals surface area contributed by atoms with Crippen molar-refractivity contribution in [2.24, 2.45) is 5.92 Å². The van der Waals surface area contributed by atoms with E-state index < -0.39 is 17.6 Å². The van der Waals surface area contributed by atoms with E-state index in [1.807, 2.05) is 7.05 Å². The number of rotatable bonds is 5. The monoisotopic (exact) mass is 510 g/mol. The molecule has 3 N–H and O–H groups in total. The van der Waals surface area contributed by atoms with Crippen LogP contribution in [0.15, 0.2) is 42.5 Å². The van der Waals surface area contributed by atoms with E-state index in [4.69, 9.17) is 9.90 Å². The lowest BCUT2D eigenvalue weighted by Crippen LogP contribution is -2.28. The molecule has 2 aliphatic rings. The highest BCUT2D eigenvalue weighted by molar-refractivity contribution is 5.92. The Labute approximate surface area is 209 Å². The summed E-state index contributed by atoms with van der Waals surface area (Å²) in [5.41, 5.74) is 1.31. The van der Waals surface area contributed by atoms with Gasteiger partial charge in [-0.15, -0.1) is 0 Å². The Kier molecular flexibility index (Phi) is 11.4. The number of anilines is 1. The van der Waals surface area contributed by atoms with Crippen molar-refractivity contribution in [2.45, 2.75) is 63.5 Å². The van der Waals surface area contributed by atoms with Gasteiger partial charge in [0.15, 0.2) is 0 Å². The summed E-state index contributed by atoms with van der Waals surface area (Å²) in [4.78, 5) is 21.0. The molecule has 5 nitrogen and oxygen atoms in total. The first kappa shape index (κ1) is 29.3. The quantitative estimate of drug-likeness (QED) is 0.314. The van der Waals surface area contributed by atoms with E-state index >= 15 is 0 Å². The van der Waals surface area contributed by atoms with Gasteiger partial charge in [-0.2, -0.15) is 13.2 Å². The fourth-order valence-electron chi connectivity index (χ4n) is 4.22. The summed E-state index contributed by atoms with van der Waals surface area (Å²) in [6.45, 7) is 2.89. The van der Waals surface area contributed by atoms with Crippen molar-refractivity contribution in [3.05, 3.63) is 65.0 Å². The Balaban J connectivity index is 0.000000583. The van der Waals surface area contributed by atoms with Gasteiger partial charge in [-0.25, -0.2) is 4.39 Å². The molecule has 2 fully saturated rings. The van der Waals surface area contributed by atoms with Gasteiger partial charge >= 0.3 is 6.18 Å². The highest BCUT2D eigenvalue weighted by Crippen LogP contribution is 2.42. The van der Waals surface area contributed by atoms with Crippen LogP contribution >= 0.6 is 0 Å². The van der Waals surface area contributed by atoms with E-state index in [1.165, 1.54) is 24.0 Å². The minimum Gasteiger partial charge on any atom is -0.483 e. The first-order valence-corrected chi connectivity index (χ1v) is 12.1. The molecule has 198 valence electrons. The van der Waals surface area contributed by atoms with Crippen molar-refractivity contribution in [1.29, 1.82) is 0 Å². The largest absolute Gasteiger partial charge is 0.483 e. The van der Waals surface area contributed by atoms with Gasteiger partial charge in [-0.3, -0.25) is 9.59 Å². The number of halogens is 4. The van der Waals surface area contributed by atoms with Crippen LogP contribution in [0.1, 0.15) is 74.0 Å². The minimum absolute atomic E-state index is 0.209. The number of carboxylic acid groups (broad SMARTS) is 1. The molecule has 2 unspecified atom stereocenters. The molecular formula is C27H34F4N2O3. The SMILES string of the molecule is CCNC.O=C(Nc1ccc(C(F)(F)F)cc1F)C1CCCC(c2ccc(C3CC3)cc2)C1.O=CO. The highest BCUT2D eigenvalue weighted by Gasteiger charge is 2.32. The van der Waals surface area contributed by atoms with E-state index in [2.05, 4.69) is 41.8 Å². The smallest absolute Gasteiger partial charge is 0.416 e. The van der Waals surface area contributed by atoms with Gasteiger partial charge in [0.1, 0.15) is 5.82 Å². The molecule has 0 saturated heterocycles. The number of carbonyl (C=O) groups excluding carboxylic acids is 1. The van der Waals surface area contributed by atoms with Crippen molar-refractivity contribution in [3.8, 4) is 0 Å². The van der Waals surface area contributed by atoms with Gasteiger partial charge in [0.05, 0.1) is 11.3 Å². The molecule has 0 aromatic heterocycles. The minimum atomic E-state index is -4.62. The lowest BCUT2D eigenvalue weighted by molar-refractivity contribution is -0.137. The molecule has 0 radical (unpaired) electrons. The van der Waals surface area contributed by atoms with Crippen LogP contribution in [0.2, 0.25) is 0 Å². The van der Waals surface area contributed by atoms with Crippen LogP contribution < -0.4 is 10.6 Å². The number of amides is 1. The first-order valence-electron chi connectivity index (χ1n) is 12.1. The maximum atomic E-state index is 14.0. The molecule has 9 heteroatoms. The maximum Gasteiger partial charge on any atom is 0.416 e. The molecular weight excluding hydrogens is 476 g/mol. The van der Waals surface area contributed by atoms with Crippen LogP contribution in [0.25, 0.3) is 0 Å². The summed E-state index contributed by atoms with van der Waals surface area (Å²) in [6.07, 6.45) is 1.15. The molecule has 4 rings (SSSR count). The van der Waals surface area contributed by atoms with Crippen molar-refractivity contribution in [2.75, 3.05) is 18.9 Å². The Morgan fingerprint density at radius 3 is 2.06 bits per heavy atom. The molecule has 0 bridgehead atoms. The second-order valence-electron chi connectivity index (χ2n) is 9.00. The van der Waals surface area contributed by atoms with Gasteiger partial charge in [-0.05, 0) is 86.9 Å². The van der Waals surface area contributed by atoms with E-state index in [-0.39, 0.29) is 29.9 Å². The summed E-state index contributed by atoms with van der Waals surface area (Å²) >= 11 is 0. The van der Waals surface area contributed by atoms with Crippen LogP contribution in [0.4, 0.5) is 23.2 Å². The van der Waals surface area contributed by atoms with Crippen LogP contribution in [0, 0.1) is 11.7 Å². The van der Waals surface area contributed by atoms with Crippen molar-refractivity contribution in [1.82, 2.24) is 5.32 Å². The van der Waals surface area contributed by atoms with Crippen LogP contribution in [0.3, 0.4) is 0 Å². The van der Waals surface area contributed by atoms with E-state index in [1.54, 1.807) is 0 Å². The molecule has 2 aromatic rings. The van der Waals surface area contributed by atoms with Crippen molar-refractivity contribution < 1.29 is 32.3 Å². The van der Waals surface area contributed by atoms with E-state index in [9.17, 15) is 22.4 Å². The standard InChI is InChI=1S/C23H23F4NO.C3H9N.CH2O2/c24-20-13-19(23(25,26)27)10-11-21(20)28-22(29)18-3-1-2-17(12-18)16-8-6-15(7-9-16)14-4-5-14;1-3-4-2;2-1-3/h6-11,13-14,17-18H,1-5,12H2,(H,28,29);4H,3H2,1-2H3;1H,(H,2,3). The van der Waals surface area contributed by atoms with Crippen molar-refractivity contribution >= 4 is 18.1 Å². The topological polar surface area (TPSA) is 78.4 Å². The number of carbonyl (C=O) groups is 2. The maximum absolute atomic E-state index is 14.0. The first-order chi connectivity index (χ1) is 17.1. The van der Waals surface area contributed by atoms with Gasteiger partial charge < -0.3 is 15.7 Å². The predicted molar refractivity (Wildman–Crippen MR) is 131 cm³/mol. The van der Waals surface area contributed by atoms with Crippen LogP contribution in [-0.2, 0) is 15.8 Å². The third kappa shape index (κ3) is 8.93. The Morgan fingerprint density at radius 1 is 1.03 bits per heavy atom. The molecule has 2 atom stereocenters. The Hall–Kier alpha value is -2.94. The number of hydrogen-bond acceptors (Lipinski definition) is 3. The molecule has 0 spiro atoms.